The van der Waals surface area contributed by atoms with Crippen LogP contribution in [0.25, 0.3) is 0 Å². The van der Waals surface area contributed by atoms with Gasteiger partial charge in [-0.25, -0.2) is 0 Å². The van der Waals surface area contributed by atoms with Gasteiger partial charge in [-0.3, -0.25) is 4.90 Å². The summed E-state index contributed by atoms with van der Waals surface area (Å²) in [4.78, 5) is 2.47. The van der Waals surface area contributed by atoms with Gasteiger partial charge in [0.05, 0.1) is 13.2 Å². The Morgan fingerprint density at radius 3 is 2.71 bits per heavy atom. The lowest BCUT2D eigenvalue weighted by molar-refractivity contribution is 0.0383. The lowest BCUT2D eigenvalue weighted by atomic mass is 10.0. The molecule has 0 aromatic rings. The molecular weight excluding hydrogens is 178 g/mol. The zero-order valence-corrected chi connectivity index (χ0v) is 8.80. The zero-order valence-electron chi connectivity index (χ0n) is 8.80. The molecule has 2 heterocycles. The maximum Gasteiger partial charge on any atom is 0.0594 e. The highest BCUT2D eigenvalue weighted by molar-refractivity contribution is 4.76. The molecule has 2 fully saturated rings. The Bertz CT molecular complexity index is 155. The van der Waals surface area contributed by atoms with Crippen molar-refractivity contribution in [1.82, 2.24) is 15.5 Å². The average Bonchev–Trinajstić information content (AvgIpc) is 2.16. The lowest BCUT2D eigenvalue weighted by Crippen LogP contribution is -2.48. The third-order valence-corrected chi connectivity index (χ3v) is 3.01. The van der Waals surface area contributed by atoms with Crippen molar-refractivity contribution in [3.8, 4) is 0 Å². The monoisotopic (exact) mass is 199 g/mol. The summed E-state index contributed by atoms with van der Waals surface area (Å²) < 4.78 is 5.30. The molecule has 4 heteroatoms. The Balaban J connectivity index is 1.45. The van der Waals surface area contributed by atoms with E-state index in [2.05, 4.69) is 15.5 Å². The molecule has 0 aromatic carbocycles. The van der Waals surface area contributed by atoms with Gasteiger partial charge in [0, 0.05) is 45.8 Å². The van der Waals surface area contributed by atoms with E-state index >= 15 is 0 Å². The van der Waals surface area contributed by atoms with Crippen LogP contribution in [0.1, 0.15) is 0 Å². The second-order valence-corrected chi connectivity index (χ2v) is 4.18. The summed E-state index contributed by atoms with van der Waals surface area (Å²) >= 11 is 0. The summed E-state index contributed by atoms with van der Waals surface area (Å²) in [6.45, 7) is 9.89. The zero-order chi connectivity index (χ0) is 9.64. The van der Waals surface area contributed by atoms with Crippen LogP contribution in [0.3, 0.4) is 0 Å². The molecule has 2 saturated heterocycles. The molecule has 0 aliphatic carbocycles. The molecular formula is C10H21N3O. The normalized spacial score (nSPS) is 24.9. The van der Waals surface area contributed by atoms with E-state index in [-0.39, 0.29) is 0 Å². The van der Waals surface area contributed by atoms with E-state index in [1.54, 1.807) is 0 Å². The van der Waals surface area contributed by atoms with Gasteiger partial charge in [0.1, 0.15) is 0 Å². The van der Waals surface area contributed by atoms with Gasteiger partial charge in [0.2, 0.25) is 0 Å². The highest BCUT2D eigenvalue weighted by Gasteiger charge is 2.15. The van der Waals surface area contributed by atoms with Crippen molar-refractivity contribution in [3.63, 3.8) is 0 Å². The van der Waals surface area contributed by atoms with E-state index in [0.717, 1.165) is 38.8 Å². The Morgan fingerprint density at radius 1 is 1.29 bits per heavy atom. The summed E-state index contributed by atoms with van der Waals surface area (Å²) in [6, 6.07) is 0. The highest BCUT2D eigenvalue weighted by Crippen LogP contribution is 1.99. The maximum atomic E-state index is 5.30. The van der Waals surface area contributed by atoms with Crippen molar-refractivity contribution in [2.24, 2.45) is 5.92 Å². The Kier molecular flexibility index (Phi) is 4.19. The largest absolute Gasteiger partial charge is 0.379 e. The van der Waals surface area contributed by atoms with Crippen LogP contribution >= 0.6 is 0 Å². The number of morpholine rings is 1. The number of rotatable bonds is 5. The number of nitrogens with one attached hydrogen (secondary N) is 2. The number of hydrogen-bond donors (Lipinski definition) is 2. The molecule has 2 aliphatic heterocycles. The van der Waals surface area contributed by atoms with Gasteiger partial charge < -0.3 is 15.4 Å². The smallest absolute Gasteiger partial charge is 0.0594 e. The Labute approximate surface area is 86.0 Å². The van der Waals surface area contributed by atoms with Crippen LogP contribution in [0.5, 0.6) is 0 Å². The second kappa shape index (κ2) is 5.66. The average molecular weight is 199 g/mol. The lowest BCUT2D eigenvalue weighted by Gasteiger charge is -2.29. The first-order valence-electron chi connectivity index (χ1n) is 5.66. The van der Waals surface area contributed by atoms with Crippen LogP contribution in [-0.4, -0.2) is 63.9 Å². The highest BCUT2D eigenvalue weighted by atomic mass is 16.5. The Hall–Kier alpha value is -0.160. The van der Waals surface area contributed by atoms with Crippen LogP contribution < -0.4 is 10.6 Å². The van der Waals surface area contributed by atoms with Gasteiger partial charge in [-0.15, -0.1) is 0 Å². The Morgan fingerprint density at radius 2 is 2.07 bits per heavy atom. The van der Waals surface area contributed by atoms with Crippen LogP contribution in [0.15, 0.2) is 0 Å². The van der Waals surface area contributed by atoms with Crippen molar-refractivity contribution in [2.75, 3.05) is 59.0 Å². The molecule has 0 amide bonds. The number of hydrogen-bond acceptors (Lipinski definition) is 4. The van der Waals surface area contributed by atoms with Crippen molar-refractivity contribution >= 4 is 0 Å². The minimum absolute atomic E-state index is 0.875. The minimum Gasteiger partial charge on any atom is -0.379 e. The molecule has 0 radical (unpaired) electrons. The second-order valence-electron chi connectivity index (χ2n) is 4.18. The maximum absolute atomic E-state index is 5.30. The van der Waals surface area contributed by atoms with E-state index in [9.17, 15) is 0 Å². The minimum atomic E-state index is 0.875. The van der Waals surface area contributed by atoms with E-state index in [0.29, 0.717) is 0 Å². The third kappa shape index (κ3) is 3.20. The topological polar surface area (TPSA) is 36.5 Å². The van der Waals surface area contributed by atoms with E-state index in [1.807, 2.05) is 0 Å². The predicted octanol–water partition coefficient (Wildman–Crippen LogP) is -0.872. The van der Waals surface area contributed by atoms with Gasteiger partial charge in [-0.1, -0.05) is 0 Å². The van der Waals surface area contributed by atoms with E-state index in [4.69, 9.17) is 4.74 Å². The van der Waals surface area contributed by atoms with Crippen molar-refractivity contribution in [3.05, 3.63) is 0 Å². The van der Waals surface area contributed by atoms with Crippen LogP contribution in [0, 0.1) is 5.92 Å². The number of nitrogens with zero attached hydrogens (tertiary/aromatic N) is 1. The van der Waals surface area contributed by atoms with Gasteiger partial charge in [0.25, 0.3) is 0 Å². The van der Waals surface area contributed by atoms with Crippen LogP contribution in [0.2, 0.25) is 0 Å². The molecule has 0 spiro atoms. The first-order chi connectivity index (χ1) is 6.95. The van der Waals surface area contributed by atoms with Gasteiger partial charge >= 0.3 is 0 Å². The summed E-state index contributed by atoms with van der Waals surface area (Å²) in [7, 11) is 0. The molecule has 2 N–H and O–H groups in total. The molecule has 14 heavy (non-hydrogen) atoms. The standard InChI is InChI=1S/C10H21N3O/c1(11-7-10-8-12-9-10)2-13-3-5-14-6-4-13/h10-12H,1-9H2. The first kappa shape index (κ1) is 10.4. The molecule has 0 bridgehead atoms. The quantitative estimate of drug-likeness (QED) is 0.564. The summed E-state index contributed by atoms with van der Waals surface area (Å²) in [6.07, 6.45) is 0. The number of ether oxygens (including phenoxy) is 1. The fourth-order valence-electron chi connectivity index (χ4n) is 1.86. The van der Waals surface area contributed by atoms with E-state index in [1.165, 1.54) is 26.2 Å². The first-order valence-corrected chi connectivity index (χ1v) is 5.66. The molecule has 0 unspecified atom stereocenters. The third-order valence-electron chi connectivity index (χ3n) is 3.01. The molecule has 0 aromatic heterocycles. The van der Waals surface area contributed by atoms with Crippen molar-refractivity contribution in [2.45, 2.75) is 0 Å². The molecule has 0 saturated carbocycles. The fraction of sp³-hybridized carbons (Fsp3) is 1.00. The van der Waals surface area contributed by atoms with Crippen molar-refractivity contribution in [1.29, 1.82) is 0 Å². The summed E-state index contributed by atoms with van der Waals surface area (Å²) in [5, 5.41) is 6.80. The predicted molar refractivity (Wildman–Crippen MR) is 56.5 cm³/mol. The SMILES string of the molecule is C(CN1CCOCC1)NCC1CNC1. The summed E-state index contributed by atoms with van der Waals surface area (Å²) in [5.41, 5.74) is 0. The van der Waals surface area contributed by atoms with E-state index < -0.39 is 0 Å². The molecule has 0 atom stereocenters. The molecule has 4 nitrogen and oxygen atoms in total. The van der Waals surface area contributed by atoms with Gasteiger partial charge in [0.15, 0.2) is 0 Å². The van der Waals surface area contributed by atoms with Crippen molar-refractivity contribution < 1.29 is 4.74 Å². The van der Waals surface area contributed by atoms with Crippen LogP contribution in [0.4, 0.5) is 0 Å². The molecule has 82 valence electrons. The van der Waals surface area contributed by atoms with Gasteiger partial charge in [-0.05, 0) is 5.92 Å². The van der Waals surface area contributed by atoms with Crippen LogP contribution in [-0.2, 0) is 4.74 Å². The summed E-state index contributed by atoms with van der Waals surface area (Å²) in [5.74, 6) is 0.875. The molecule has 2 rings (SSSR count). The molecule has 2 aliphatic rings. The fourth-order valence-corrected chi connectivity index (χ4v) is 1.86. The van der Waals surface area contributed by atoms with Gasteiger partial charge in [-0.2, -0.15) is 0 Å².